The second kappa shape index (κ2) is 50.2. The second-order valence-electron chi connectivity index (χ2n) is 34.5. The van der Waals surface area contributed by atoms with E-state index in [-0.39, 0.29) is 6.41 Å². The van der Waals surface area contributed by atoms with Crippen molar-refractivity contribution in [2.24, 2.45) is 0 Å². The quantitative estimate of drug-likeness (QED) is 0.0254. The van der Waals surface area contributed by atoms with Crippen LogP contribution in [-0.2, 0) is 123 Å². The lowest BCUT2D eigenvalue weighted by atomic mass is 9.93. The average molecular weight is 2010 g/mol. The summed E-state index contributed by atoms with van der Waals surface area (Å²) < 4.78 is 130. The maximum atomic E-state index is 13.4. The minimum Gasteiger partial charge on any atom is -0.394 e. The first-order chi connectivity index (χ1) is 65.0. The van der Waals surface area contributed by atoms with Gasteiger partial charge in [0.1, 0.15) is 262 Å². The Morgan fingerprint density at radius 2 is 0.518 bits per heavy atom. The molecule has 35 N–H and O–H groups in total. The van der Waals surface area contributed by atoms with E-state index in [4.69, 9.17) is 104 Å². The smallest absolute Gasteiger partial charge is 0.217 e. The van der Waals surface area contributed by atoms with Crippen molar-refractivity contribution in [3.63, 3.8) is 0 Å². The number of nitrogens with one attached hydrogen (secondary N) is 4. The minimum absolute atomic E-state index is 0.232. The lowest BCUT2D eigenvalue weighted by Crippen LogP contribution is -2.71. The van der Waals surface area contributed by atoms with Crippen LogP contribution >= 0.6 is 0 Å². The minimum atomic E-state index is -2.62. The van der Waals surface area contributed by atoms with Gasteiger partial charge in [-0.2, -0.15) is 0 Å². The highest BCUT2D eigenvalue weighted by atomic mass is 16.8. The molecule has 794 valence electrons. The number of rotatable bonds is 39. The molecule has 4 amide bonds. The molecule has 0 radical (unpaired) electrons. The molecule has 0 aliphatic carbocycles. The third-order valence-electron chi connectivity index (χ3n) is 25.1. The lowest BCUT2D eigenvalue weighted by molar-refractivity contribution is -0.403. The van der Waals surface area contributed by atoms with Gasteiger partial charge >= 0.3 is 0 Å². The Morgan fingerprint density at radius 3 is 0.891 bits per heavy atom. The Balaban J connectivity index is 0.897. The molecule has 11 heterocycles. The van der Waals surface area contributed by atoms with Gasteiger partial charge in [0.2, 0.25) is 24.1 Å². The number of hydrogen-bond donors (Lipinski definition) is 35. The summed E-state index contributed by atoms with van der Waals surface area (Å²) in [6.07, 6.45) is -110. The van der Waals surface area contributed by atoms with Crippen LogP contribution in [0.2, 0.25) is 0 Å². The predicted octanol–water partition coefficient (Wildman–Crippen LogP) is -24.4. The molecule has 0 aromatic rings. The van der Waals surface area contributed by atoms with E-state index in [1.165, 1.54) is 6.92 Å². The molecule has 0 saturated carbocycles. The molecule has 11 fully saturated rings. The molecule has 11 rings (SSSR count). The summed E-state index contributed by atoms with van der Waals surface area (Å²) >= 11 is 0. The van der Waals surface area contributed by atoms with Gasteiger partial charge in [0, 0.05) is 20.8 Å². The molecule has 0 unspecified atom stereocenters. The normalized spacial score (nSPS) is 49.2. The van der Waals surface area contributed by atoms with E-state index >= 15 is 0 Å². The van der Waals surface area contributed by atoms with E-state index < -0.39 is 441 Å². The number of amides is 4. The molecule has 11 saturated heterocycles. The fraction of sp³-hybridized carbons (Fsp3) is 0.947. The Labute approximate surface area is 775 Å². The van der Waals surface area contributed by atoms with Crippen LogP contribution in [-0.4, -0.2) is 605 Å². The SMILES string of the molecule is CC(=O)N[C@H]1[C@H](O[C@H]2[C@@H](O)[C@@H](CO)O[C@@H](O[C@H]3[C@H](O)[C@@H](O)[C@H](OC[C@@H](CO)NC=O)O[C@@H]3CO)[C@@H]2O)O[C@H](CO)[C@@H](O[C@@H]2O[C@H](CO[C@@H]3O[C@H](CO)[C@@H](O[C@@H]4O[C@H](CO)[C@H](O)[C@H](O[C@H]5O[C@H](CO)[C@H](O)[C@H](O)[C@H]5O)[C@H]4O[C@@H]4O[C@@H](C)[C@@H](O)[C@@H](O)[C@@H]4O)[C@H](O)[C@H]3NC(C)=O)[C@H](O)[C@H](O[C@@H]3O[C@H](CO)[C@@H](O[C@@H]4O[C@H](CO)[C@H](O)[C@H](O[C@H]5O[C@H](CO)[C@H](O)[C@H](O)[C@H]5O)[C@H]4O)[C@H](O)[C@H]3NC(C)=O)[C@H]2O)[C@@H]1O. The third-order valence-corrected chi connectivity index (χ3v) is 25.1. The van der Waals surface area contributed by atoms with Crippen molar-refractivity contribution in [2.75, 3.05) is 79.3 Å². The molecule has 0 bridgehead atoms. The maximum absolute atomic E-state index is 13.4. The zero-order valence-electron chi connectivity index (χ0n) is 73.4. The van der Waals surface area contributed by atoms with Crippen molar-refractivity contribution in [3.05, 3.63) is 0 Å². The van der Waals surface area contributed by atoms with Crippen molar-refractivity contribution < 1.29 is 282 Å². The molecule has 61 heteroatoms. The lowest BCUT2D eigenvalue weighted by Gasteiger charge is -2.51. The molecule has 0 aromatic heterocycles. The molecule has 11 aliphatic rings. The first-order valence-electron chi connectivity index (χ1n) is 43.7. The first-order valence-corrected chi connectivity index (χ1v) is 43.7. The summed E-state index contributed by atoms with van der Waals surface area (Å²) in [5.74, 6) is -3.11. The molecule has 0 aromatic carbocycles. The van der Waals surface area contributed by atoms with Gasteiger partial charge in [-0.3, -0.25) is 19.2 Å². The van der Waals surface area contributed by atoms with Gasteiger partial charge < -0.3 is 284 Å². The van der Waals surface area contributed by atoms with Crippen molar-refractivity contribution in [3.8, 4) is 0 Å². The standard InChI is InChI=1S/C76H128N4O57/c1-18-36(95)46(105)50(109)70(118-18)137-65-64(136-72-52(111)48(107)38(97)24(7-83)120-72)41(100)27(10-86)123-76(65)132-59-28(11-87)124-66(33(43(59)102)78-19(2)92)117-16-32-42(101)63(134-68-35(80-21(4)94)44(103)57(29(12-88)126-68)129-73-55(114)62(40(99)26(9-85)121-73)135-71-51(110)47(106)37(96)23(6-82)119-71)56(115)75(128-32)130-58-30(13-89)125-67(34(45(58)104)79-20(3)93)133-61-39(98)25(8-84)122-74(54(61)113)131-60-31(14-90)127-69(53(112)49(60)108)116-15-22(5-81)77-17-91/h17-18,22-76,81-90,95-115H,5-16H2,1-4H3,(H,77,91)(H,78,92)(H,79,93)(H,80,94)/t18-,22+,23+,24+,25+,26+,27+,28+,29+,30+,31+,32+,33+,34+,35+,36+,37-,38-,39-,40-,41-,42-,43+,44+,45+,46+,47-,48-,49+,50-,51+,52+,53+,54+,55+,56+,57+,58+,59+,60+,61-,62-,63-,64-,65+,66+,67-,68-,69+,70-,71+,72+,73-,74-,75-,76-/m0/s1. The molecule has 0 spiro atoms. The van der Waals surface area contributed by atoms with E-state index in [2.05, 4.69) is 21.3 Å². The topological polar surface area (TPSA) is 947 Å². The van der Waals surface area contributed by atoms with Crippen molar-refractivity contribution in [1.82, 2.24) is 21.3 Å². The highest BCUT2D eigenvalue weighted by Crippen LogP contribution is 2.42. The van der Waals surface area contributed by atoms with Crippen LogP contribution < -0.4 is 21.3 Å². The highest BCUT2D eigenvalue weighted by Gasteiger charge is 2.63. The van der Waals surface area contributed by atoms with E-state index in [1.807, 2.05) is 0 Å². The van der Waals surface area contributed by atoms with Crippen molar-refractivity contribution in [2.45, 2.75) is 371 Å². The number of carbonyl (C=O) groups is 4. The zero-order chi connectivity index (χ0) is 101. The van der Waals surface area contributed by atoms with E-state index in [1.54, 1.807) is 0 Å². The largest absolute Gasteiger partial charge is 0.394 e. The van der Waals surface area contributed by atoms with Crippen LogP contribution in [0.4, 0.5) is 0 Å². The van der Waals surface area contributed by atoms with Gasteiger partial charge in [-0.1, -0.05) is 0 Å². The zero-order valence-corrected chi connectivity index (χ0v) is 73.4. The average Bonchev–Trinajstić information content (AvgIpc) is 0.792. The maximum Gasteiger partial charge on any atom is 0.217 e. The van der Waals surface area contributed by atoms with Gasteiger partial charge in [0.05, 0.1) is 91.4 Å². The molecular formula is C76H128N4O57. The summed E-state index contributed by atoms with van der Waals surface area (Å²) in [6, 6.07) is -7.29. The fourth-order valence-electron chi connectivity index (χ4n) is 17.5. The van der Waals surface area contributed by atoms with E-state index in [0.717, 1.165) is 20.8 Å². The summed E-state index contributed by atoms with van der Waals surface area (Å²) in [5.41, 5.74) is 0. The molecular weight excluding hydrogens is 1880 g/mol. The fourth-order valence-corrected chi connectivity index (χ4v) is 17.5. The molecule has 61 nitrogen and oxygen atoms in total. The third kappa shape index (κ3) is 25.2. The van der Waals surface area contributed by atoms with Crippen LogP contribution in [0.3, 0.4) is 0 Å². The number of aliphatic hydroxyl groups is 31. The van der Waals surface area contributed by atoms with Crippen LogP contribution in [0.5, 0.6) is 0 Å². The highest BCUT2D eigenvalue weighted by molar-refractivity contribution is 5.74. The molecule has 137 heavy (non-hydrogen) atoms. The van der Waals surface area contributed by atoms with Crippen LogP contribution in [0.1, 0.15) is 27.7 Å². The first kappa shape index (κ1) is 113. The Hall–Kier alpha value is -4.24. The Kier molecular flexibility index (Phi) is 41.5. The van der Waals surface area contributed by atoms with Crippen LogP contribution in [0.25, 0.3) is 0 Å². The number of aliphatic hydroxyl groups excluding tert-OH is 31. The second-order valence-corrected chi connectivity index (χ2v) is 34.5. The van der Waals surface area contributed by atoms with E-state index in [0.29, 0.717) is 0 Å². The van der Waals surface area contributed by atoms with Gasteiger partial charge in [0.25, 0.3) is 0 Å². The van der Waals surface area contributed by atoms with Crippen molar-refractivity contribution >= 4 is 24.1 Å². The molecule has 11 aliphatic heterocycles. The summed E-state index contributed by atoms with van der Waals surface area (Å²) in [4.78, 5) is 51.1. The summed E-state index contributed by atoms with van der Waals surface area (Å²) in [5, 5.41) is 356. The Bertz CT molecular complexity index is 3690. The monoisotopic (exact) mass is 2010 g/mol. The van der Waals surface area contributed by atoms with Crippen molar-refractivity contribution in [1.29, 1.82) is 0 Å². The predicted molar refractivity (Wildman–Crippen MR) is 420 cm³/mol. The van der Waals surface area contributed by atoms with Gasteiger partial charge in [0.15, 0.2) is 69.2 Å². The van der Waals surface area contributed by atoms with Gasteiger partial charge in [-0.05, 0) is 6.92 Å². The summed E-state index contributed by atoms with van der Waals surface area (Å²) in [7, 11) is 0. The number of ether oxygens (including phenoxy) is 22. The number of hydrogen-bond acceptors (Lipinski definition) is 57. The number of carbonyl (C=O) groups excluding carboxylic acids is 4. The van der Waals surface area contributed by atoms with Crippen LogP contribution in [0, 0.1) is 0 Å². The Morgan fingerprint density at radius 1 is 0.255 bits per heavy atom. The van der Waals surface area contributed by atoms with E-state index in [9.17, 15) is 177 Å². The van der Waals surface area contributed by atoms with Gasteiger partial charge in [-0.15, -0.1) is 0 Å². The van der Waals surface area contributed by atoms with Crippen LogP contribution in [0.15, 0.2) is 0 Å². The van der Waals surface area contributed by atoms with Gasteiger partial charge in [-0.25, -0.2) is 0 Å². The summed E-state index contributed by atoms with van der Waals surface area (Å²) in [6.45, 7) is -8.84. The molecule has 56 atom stereocenters.